The molecule has 1 saturated carbocycles. The molecule has 0 saturated heterocycles. The minimum Gasteiger partial charge on any atom is -0.382 e. The van der Waals surface area contributed by atoms with Crippen LogP contribution in [0.2, 0.25) is 0 Å². The smallest absolute Gasteiger partial charge is 0.165 e. The van der Waals surface area contributed by atoms with Gasteiger partial charge in [0, 0.05) is 13.0 Å². The molecule has 2 aromatic rings. The van der Waals surface area contributed by atoms with Crippen molar-refractivity contribution in [3.8, 4) is 6.07 Å². The lowest BCUT2D eigenvalue weighted by Crippen LogP contribution is -2.40. The second kappa shape index (κ2) is 6.27. The van der Waals surface area contributed by atoms with Gasteiger partial charge < -0.3 is 9.67 Å². The molecule has 5 nitrogen and oxygen atoms in total. The molecule has 0 atom stereocenters. The molecule has 1 aromatic heterocycles. The fourth-order valence-corrected chi connectivity index (χ4v) is 4.37. The van der Waals surface area contributed by atoms with Crippen LogP contribution in [0.4, 0.5) is 0 Å². The van der Waals surface area contributed by atoms with Crippen LogP contribution < -0.4 is 0 Å². The molecule has 1 aromatic carbocycles. The molecule has 2 aliphatic rings. The summed E-state index contributed by atoms with van der Waals surface area (Å²) in [7, 11) is 0. The molecule has 2 heterocycles. The summed E-state index contributed by atoms with van der Waals surface area (Å²) in [5, 5.41) is 29.9. The molecule has 5 heteroatoms. The summed E-state index contributed by atoms with van der Waals surface area (Å²) in [6.07, 6.45) is 6.78. The number of hydrogen-bond donors (Lipinski definition) is 1. The molecule has 25 heavy (non-hydrogen) atoms. The number of nitriles is 1. The molecular weight excluding hydrogens is 312 g/mol. The van der Waals surface area contributed by atoms with Crippen molar-refractivity contribution in [1.82, 2.24) is 14.8 Å². The van der Waals surface area contributed by atoms with E-state index in [4.69, 9.17) is 0 Å². The van der Waals surface area contributed by atoms with E-state index in [1.165, 1.54) is 6.42 Å². The number of fused-ring (bicyclic) bond motifs is 1. The lowest BCUT2D eigenvalue weighted by Gasteiger charge is -2.40. The fourth-order valence-electron chi connectivity index (χ4n) is 4.37. The minimum atomic E-state index is -0.968. The molecule has 0 bridgehead atoms. The van der Waals surface area contributed by atoms with Crippen molar-refractivity contribution >= 4 is 0 Å². The first-order valence-corrected chi connectivity index (χ1v) is 9.29. The van der Waals surface area contributed by atoms with Gasteiger partial charge in [-0.2, -0.15) is 5.26 Å². The Hall–Kier alpha value is -2.19. The van der Waals surface area contributed by atoms with Crippen LogP contribution in [0.3, 0.4) is 0 Å². The van der Waals surface area contributed by atoms with Crippen LogP contribution in [-0.4, -0.2) is 19.9 Å². The zero-order chi connectivity index (χ0) is 17.3. The van der Waals surface area contributed by atoms with E-state index in [2.05, 4.69) is 20.8 Å². The second-order valence-corrected chi connectivity index (χ2v) is 7.49. The summed E-state index contributed by atoms with van der Waals surface area (Å²) in [5.41, 5.74) is -0.417. The first kappa shape index (κ1) is 16.3. The topological polar surface area (TPSA) is 74.7 Å². The summed E-state index contributed by atoms with van der Waals surface area (Å²) >= 11 is 0. The lowest BCUT2D eigenvalue weighted by molar-refractivity contribution is -0.0248. The van der Waals surface area contributed by atoms with Crippen molar-refractivity contribution in [2.24, 2.45) is 0 Å². The molecule has 1 fully saturated rings. The summed E-state index contributed by atoms with van der Waals surface area (Å²) < 4.78 is 2.13. The number of aromatic nitrogens is 3. The largest absolute Gasteiger partial charge is 0.382 e. The average Bonchev–Trinajstić information content (AvgIpc) is 2.93. The van der Waals surface area contributed by atoms with Gasteiger partial charge in [-0.3, -0.25) is 0 Å². The second-order valence-electron chi connectivity index (χ2n) is 7.49. The van der Waals surface area contributed by atoms with Crippen LogP contribution in [-0.2, 0) is 24.0 Å². The van der Waals surface area contributed by atoms with Gasteiger partial charge in [-0.05, 0) is 44.1 Å². The van der Waals surface area contributed by atoms with Crippen LogP contribution in [0.25, 0.3) is 0 Å². The minimum absolute atomic E-state index is 0.505. The van der Waals surface area contributed by atoms with Crippen LogP contribution >= 0.6 is 0 Å². The Labute approximate surface area is 148 Å². The van der Waals surface area contributed by atoms with E-state index in [0.29, 0.717) is 31.5 Å². The van der Waals surface area contributed by atoms with E-state index in [9.17, 15) is 10.4 Å². The normalized spacial score (nSPS) is 29.4. The van der Waals surface area contributed by atoms with Crippen LogP contribution in [0.15, 0.2) is 30.3 Å². The van der Waals surface area contributed by atoms with E-state index >= 15 is 0 Å². The van der Waals surface area contributed by atoms with Gasteiger partial charge in [-0.25, -0.2) is 0 Å². The third-order valence-corrected chi connectivity index (χ3v) is 6.00. The van der Waals surface area contributed by atoms with E-state index in [-0.39, 0.29) is 0 Å². The highest BCUT2D eigenvalue weighted by atomic mass is 16.3. The predicted octanol–water partition coefficient (Wildman–Crippen LogP) is 3.23. The highest BCUT2D eigenvalue weighted by Gasteiger charge is 2.46. The number of nitrogens with zero attached hydrogens (tertiary/aromatic N) is 4. The maximum absolute atomic E-state index is 11.3. The quantitative estimate of drug-likeness (QED) is 0.913. The lowest BCUT2D eigenvalue weighted by atomic mass is 9.66. The molecular formula is C20H24N4O. The predicted molar refractivity (Wildman–Crippen MR) is 93.7 cm³/mol. The Kier molecular flexibility index (Phi) is 4.09. The molecule has 0 radical (unpaired) electrons. The summed E-state index contributed by atoms with van der Waals surface area (Å²) in [4.78, 5) is 0. The Morgan fingerprint density at radius 2 is 1.76 bits per heavy atom. The van der Waals surface area contributed by atoms with Crippen molar-refractivity contribution in [2.45, 2.75) is 68.9 Å². The maximum atomic E-state index is 11.3. The monoisotopic (exact) mass is 336 g/mol. The molecule has 4 rings (SSSR count). The average molecular weight is 336 g/mol. The Morgan fingerprint density at radius 1 is 1.00 bits per heavy atom. The Balaban J connectivity index is 1.61. The SMILES string of the molecule is N#C[C@]1(c2ccccc2)CC[C@](O)(c2nnc3n2CCCCC3)CC1. The third kappa shape index (κ3) is 2.75. The molecule has 1 aliphatic heterocycles. The highest BCUT2D eigenvalue weighted by molar-refractivity contribution is 5.34. The molecule has 130 valence electrons. The van der Waals surface area contributed by atoms with Gasteiger partial charge in [-0.1, -0.05) is 36.8 Å². The summed E-state index contributed by atoms with van der Waals surface area (Å²) in [5.74, 6) is 1.71. The standard InChI is InChI=1S/C20H24N4O/c21-15-19(16-7-3-1-4-8-16)10-12-20(25,13-11-19)18-23-22-17-9-5-2-6-14-24(17)18/h1,3-4,7-8,25H,2,5-6,9-14H2/t19-,20+. The van der Waals surface area contributed by atoms with Crippen molar-refractivity contribution in [1.29, 1.82) is 5.26 Å². The van der Waals surface area contributed by atoms with Crippen molar-refractivity contribution < 1.29 is 5.11 Å². The zero-order valence-corrected chi connectivity index (χ0v) is 14.5. The van der Waals surface area contributed by atoms with E-state index < -0.39 is 11.0 Å². The number of hydrogen-bond acceptors (Lipinski definition) is 4. The van der Waals surface area contributed by atoms with Crippen molar-refractivity contribution in [3.05, 3.63) is 47.5 Å². The summed E-state index contributed by atoms with van der Waals surface area (Å²) in [6.45, 7) is 0.891. The zero-order valence-electron chi connectivity index (χ0n) is 14.5. The number of rotatable bonds is 2. The number of aliphatic hydroxyl groups is 1. The van der Waals surface area contributed by atoms with Gasteiger partial charge in [0.25, 0.3) is 0 Å². The molecule has 1 N–H and O–H groups in total. The van der Waals surface area contributed by atoms with Crippen molar-refractivity contribution in [2.75, 3.05) is 0 Å². The highest BCUT2D eigenvalue weighted by Crippen LogP contribution is 2.46. The third-order valence-electron chi connectivity index (χ3n) is 6.00. The van der Waals surface area contributed by atoms with Gasteiger partial charge in [0.2, 0.25) is 0 Å². The number of aryl methyl sites for hydroxylation is 1. The first-order chi connectivity index (χ1) is 12.2. The molecule has 0 unspecified atom stereocenters. The molecule has 0 spiro atoms. The van der Waals surface area contributed by atoms with Crippen LogP contribution in [0, 0.1) is 11.3 Å². The van der Waals surface area contributed by atoms with Gasteiger partial charge >= 0.3 is 0 Å². The van der Waals surface area contributed by atoms with Crippen LogP contribution in [0.5, 0.6) is 0 Å². The van der Waals surface area contributed by atoms with Crippen molar-refractivity contribution in [3.63, 3.8) is 0 Å². The molecule has 1 aliphatic carbocycles. The van der Waals surface area contributed by atoms with Gasteiger partial charge in [0.1, 0.15) is 11.4 Å². The Morgan fingerprint density at radius 3 is 2.48 bits per heavy atom. The summed E-state index contributed by atoms with van der Waals surface area (Å²) in [6, 6.07) is 12.5. The van der Waals surface area contributed by atoms with Crippen LogP contribution in [0.1, 0.15) is 62.2 Å². The Bertz CT molecular complexity index is 782. The first-order valence-electron chi connectivity index (χ1n) is 9.29. The van der Waals surface area contributed by atoms with E-state index in [1.54, 1.807) is 0 Å². The van der Waals surface area contributed by atoms with E-state index in [0.717, 1.165) is 37.2 Å². The molecule has 0 amide bonds. The van der Waals surface area contributed by atoms with E-state index in [1.807, 2.05) is 30.3 Å². The van der Waals surface area contributed by atoms with Gasteiger partial charge in [-0.15, -0.1) is 10.2 Å². The number of benzene rings is 1. The van der Waals surface area contributed by atoms with Gasteiger partial charge in [0.05, 0.1) is 11.5 Å². The van der Waals surface area contributed by atoms with Gasteiger partial charge in [0.15, 0.2) is 5.82 Å². The maximum Gasteiger partial charge on any atom is 0.165 e. The fraction of sp³-hybridized carbons (Fsp3) is 0.550.